The Morgan fingerprint density at radius 1 is 1.22 bits per heavy atom. The molecule has 2 saturated heterocycles. The molecule has 0 aliphatic carbocycles. The molecule has 7 heteroatoms. The molecule has 0 bridgehead atoms. The minimum Gasteiger partial charge on any atom is -0.496 e. The van der Waals surface area contributed by atoms with Crippen molar-refractivity contribution >= 4 is 0 Å². The van der Waals surface area contributed by atoms with Gasteiger partial charge in [0.15, 0.2) is 11.6 Å². The van der Waals surface area contributed by atoms with E-state index >= 15 is 0 Å². The van der Waals surface area contributed by atoms with Crippen molar-refractivity contribution in [1.29, 1.82) is 0 Å². The quantitative estimate of drug-likeness (QED) is 0.781. The van der Waals surface area contributed by atoms with E-state index in [-0.39, 0.29) is 12.2 Å². The van der Waals surface area contributed by atoms with Gasteiger partial charge in [-0.2, -0.15) is 0 Å². The first kappa shape index (κ1) is 20.5. The molecule has 0 aromatic heterocycles. The van der Waals surface area contributed by atoms with Gasteiger partial charge in [0.25, 0.3) is 0 Å². The van der Waals surface area contributed by atoms with Gasteiger partial charge in [-0.15, -0.1) is 0 Å². The summed E-state index contributed by atoms with van der Waals surface area (Å²) in [7, 11) is 1.48. The number of piperidine rings is 1. The number of likely N-dealkylation sites (tertiary alicyclic amines) is 1. The first-order chi connectivity index (χ1) is 13.1. The number of rotatable bonds is 7. The van der Waals surface area contributed by atoms with Crippen LogP contribution in [-0.4, -0.2) is 74.1 Å². The summed E-state index contributed by atoms with van der Waals surface area (Å²) in [5.74, 6) is -0.884. The van der Waals surface area contributed by atoms with E-state index in [4.69, 9.17) is 9.47 Å². The van der Waals surface area contributed by atoms with Crippen LogP contribution in [0.15, 0.2) is 12.1 Å². The summed E-state index contributed by atoms with van der Waals surface area (Å²) in [6.45, 7) is 5.55. The first-order valence-electron chi connectivity index (χ1n) is 9.80. The number of aliphatic hydroxyl groups excluding tert-OH is 1. The molecule has 2 atom stereocenters. The third-order valence-electron chi connectivity index (χ3n) is 5.78. The van der Waals surface area contributed by atoms with Crippen LogP contribution in [0.25, 0.3) is 0 Å². The van der Waals surface area contributed by atoms with Crippen molar-refractivity contribution < 1.29 is 23.4 Å². The van der Waals surface area contributed by atoms with Crippen LogP contribution in [0, 0.1) is 17.6 Å². The Kier molecular flexibility index (Phi) is 7.41. The average molecular weight is 384 g/mol. The monoisotopic (exact) mass is 384 g/mol. The van der Waals surface area contributed by atoms with E-state index < -0.39 is 11.6 Å². The fourth-order valence-electron chi connectivity index (χ4n) is 4.40. The van der Waals surface area contributed by atoms with E-state index in [9.17, 15) is 13.9 Å². The Balaban J connectivity index is 1.71. The largest absolute Gasteiger partial charge is 0.496 e. The topological polar surface area (TPSA) is 45.2 Å². The standard InChI is InChI=1S/C20H30F2N2O3/c1-26-19-5-4-17(21)20(22)16(19)14-23-7-6-18(15(13-23)3-2-10-25)24-8-11-27-12-9-24/h4-5,15,18,25H,2-3,6-14H2,1H3/t15-,18+/m1/s1. The molecule has 2 aliphatic heterocycles. The molecule has 152 valence electrons. The highest BCUT2D eigenvalue weighted by atomic mass is 19.2. The maximum atomic E-state index is 14.3. The van der Waals surface area contributed by atoms with E-state index in [2.05, 4.69) is 9.80 Å². The Morgan fingerprint density at radius 2 is 2.00 bits per heavy atom. The van der Waals surface area contributed by atoms with Gasteiger partial charge in [-0.25, -0.2) is 8.78 Å². The molecule has 1 aromatic rings. The number of morpholine rings is 1. The van der Waals surface area contributed by atoms with Crippen LogP contribution < -0.4 is 4.74 Å². The molecule has 1 aromatic carbocycles. The minimum absolute atomic E-state index is 0.179. The SMILES string of the molecule is COc1ccc(F)c(F)c1CN1CC[C@H](N2CCOCC2)[C@H](CCCO)C1. The molecule has 1 N–H and O–H groups in total. The number of ether oxygens (including phenoxy) is 2. The van der Waals surface area contributed by atoms with E-state index in [1.807, 2.05) is 0 Å². The summed E-state index contributed by atoms with van der Waals surface area (Å²) < 4.78 is 38.8. The van der Waals surface area contributed by atoms with Gasteiger partial charge in [-0.3, -0.25) is 9.80 Å². The lowest BCUT2D eigenvalue weighted by atomic mass is 9.86. The van der Waals surface area contributed by atoms with E-state index in [0.29, 0.717) is 24.3 Å². The van der Waals surface area contributed by atoms with Crippen molar-refractivity contribution in [2.24, 2.45) is 5.92 Å². The molecule has 0 unspecified atom stereocenters. The van der Waals surface area contributed by atoms with Crippen LogP contribution in [-0.2, 0) is 11.3 Å². The molecule has 0 spiro atoms. The van der Waals surface area contributed by atoms with Gasteiger partial charge in [0, 0.05) is 50.9 Å². The lowest BCUT2D eigenvalue weighted by molar-refractivity contribution is -0.0233. The predicted octanol–water partition coefficient (Wildman–Crippen LogP) is 2.27. The van der Waals surface area contributed by atoms with E-state index in [1.165, 1.54) is 13.2 Å². The summed E-state index contributed by atoms with van der Waals surface area (Å²) in [6, 6.07) is 3.04. The van der Waals surface area contributed by atoms with Crippen LogP contribution in [0.1, 0.15) is 24.8 Å². The zero-order valence-electron chi connectivity index (χ0n) is 16.0. The number of hydrogen-bond donors (Lipinski definition) is 1. The van der Waals surface area contributed by atoms with Gasteiger partial charge in [0.2, 0.25) is 0 Å². The third-order valence-corrected chi connectivity index (χ3v) is 5.78. The zero-order valence-corrected chi connectivity index (χ0v) is 16.0. The van der Waals surface area contributed by atoms with Crippen LogP contribution in [0.3, 0.4) is 0 Å². The minimum atomic E-state index is -0.842. The summed E-state index contributed by atoms with van der Waals surface area (Å²) in [4.78, 5) is 4.67. The van der Waals surface area contributed by atoms with Crippen molar-refractivity contribution in [3.63, 3.8) is 0 Å². The second-order valence-corrected chi connectivity index (χ2v) is 7.41. The molecule has 0 amide bonds. The van der Waals surface area contributed by atoms with Crippen LogP contribution in [0.4, 0.5) is 8.78 Å². The molecule has 27 heavy (non-hydrogen) atoms. The third kappa shape index (κ3) is 4.96. The smallest absolute Gasteiger partial charge is 0.167 e. The predicted molar refractivity (Wildman–Crippen MR) is 98.8 cm³/mol. The fourth-order valence-corrected chi connectivity index (χ4v) is 4.40. The highest BCUT2D eigenvalue weighted by molar-refractivity contribution is 5.35. The normalized spacial score (nSPS) is 24.9. The van der Waals surface area contributed by atoms with Gasteiger partial charge in [-0.05, 0) is 37.3 Å². The van der Waals surface area contributed by atoms with Gasteiger partial charge < -0.3 is 14.6 Å². The summed E-state index contributed by atoms with van der Waals surface area (Å²) >= 11 is 0. The molecule has 0 saturated carbocycles. The van der Waals surface area contributed by atoms with Crippen LogP contribution in [0.5, 0.6) is 5.75 Å². The van der Waals surface area contributed by atoms with Crippen molar-refractivity contribution in [3.05, 3.63) is 29.3 Å². The summed E-state index contributed by atoms with van der Waals surface area (Å²) in [6.07, 6.45) is 2.67. The van der Waals surface area contributed by atoms with Gasteiger partial charge in [0.05, 0.1) is 20.3 Å². The summed E-state index contributed by atoms with van der Waals surface area (Å²) in [5.41, 5.74) is 0.281. The zero-order chi connectivity index (χ0) is 19.2. The Hall–Kier alpha value is -1.28. The highest BCUT2D eigenvalue weighted by Gasteiger charge is 2.34. The second kappa shape index (κ2) is 9.78. The van der Waals surface area contributed by atoms with Crippen LogP contribution >= 0.6 is 0 Å². The molecule has 0 radical (unpaired) electrons. The van der Waals surface area contributed by atoms with Crippen molar-refractivity contribution in [3.8, 4) is 5.75 Å². The number of halogens is 2. The molecule has 2 aliphatic rings. The first-order valence-corrected chi connectivity index (χ1v) is 9.80. The second-order valence-electron chi connectivity index (χ2n) is 7.41. The maximum absolute atomic E-state index is 14.3. The molecule has 2 heterocycles. The number of methoxy groups -OCH3 is 1. The lowest BCUT2D eigenvalue weighted by Crippen LogP contribution is -2.53. The van der Waals surface area contributed by atoms with Crippen LogP contribution in [0.2, 0.25) is 0 Å². The lowest BCUT2D eigenvalue weighted by Gasteiger charge is -2.45. The molecular formula is C20H30F2N2O3. The molecule has 3 rings (SSSR count). The number of hydrogen-bond acceptors (Lipinski definition) is 5. The molecule has 2 fully saturated rings. The van der Waals surface area contributed by atoms with Crippen molar-refractivity contribution in [1.82, 2.24) is 9.80 Å². The van der Waals surface area contributed by atoms with Crippen molar-refractivity contribution in [2.45, 2.75) is 31.8 Å². The Morgan fingerprint density at radius 3 is 2.70 bits per heavy atom. The average Bonchev–Trinajstić information content (AvgIpc) is 2.71. The van der Waals surface area contributed by atoms with Gasteiger partial charge >= 0.3 is 0 Å². The number of nitrogens with zero attached hydrogens (tertiary/aromatic N) is 2. The Bertz CT molecular complexity index is 611. The number of aliphatic hydroxyl groups is 1. The Labute approximate surface area is 159 Å². The van der Waals surface area contributed by atoms with E-state index in [1.54, 1.807) is 0 Å². The van der Waals surface area contributed by atoms with E-state index in [0.717, 1.165) is 64.7 Å². The maximum Gasteiger partial charge on any atom is 0.167 e. The number of benzene rings is 1. The van der Waals surface area contributed by atoms with Crippen molar-refractivity contribution in [2.75, 3.05) is 53.1 Å². The van der Waals surface area contributed by atoms with Gasteiger partial charge in [0.1, 0.15) is 5.75 Å². The fraction of sp³-hybridized carbons (Fsp3) is 0.700. The summed E-state index contributed by atoms with van der Waals surface area (Å²) in [5, 5.41) is 9.27. The molecule has 5 nitrogen and oxygen atoms in total. The van der Waals surface area contributed by atoms with Gasteiger partial charge in [-0.1, -0.05) is 0 Å². The molecular weight excluding hydrogens is 354 g/mol. The highest BCUT2D eigenvalue weighted by Crippen LogP contribution is 2.30.